The molecule has 2 amide bonds. The fourth-order valence-corrected chi connectivity index (χ4v) is 3.18. The Kier molecular flexibility index (Phi) is 5.96. The lowest BCUT2D eigenvalue weighted by Crippen LogP contribution is -2.28. The Morgan fingerprint density at radius 3 is 2.15 bits per heavy atom. The summed E-state index contributed by atoms with van der Waals surface area (Å²) in [6, 6.07) is 1.74. The van der Waals surface area contributed by atoms with E-state index in [1.54, 1.807) is 47.6 Å². The van der Waals surface area contributed by atoms with Crippen LogP contribution in [0.4, 0.5) is 20.3 Å². The minimum absolute atomic E-state index is 0.162. The van der Waals surface area contributed by atoms with Crippen molar-refractivity contribution in [3.8, 4) is 0 Å². The SMILES string of the molecule is CC(C)(C)OC(=O)Nc1sc2cc(CO)cnc2c1NC(=O)OC(C)(C)C. The van der Waals surface area contributed by atoms with Crippen molar-refractivity contribution < 1.29 is 24.2 Å². The van der Waals surface area contributed by atoms with Gasteiger partial charge < -0.3 is 14.6 Å². The predicted molar refractivity (Wildman–Crippen MR) is 105 cm³/mol. The highest BCUT2D eigenvalue weighted by Gasteiger charge is 2.23. The fourth-order valence-electron chi connectivity index (χ4n) is 2.11. The van der Waals surface area contributed by atoms with Gasteiger partial charge in [0.05, 0.1) is 11.3 Å². The van der Waals surface area contributed by atoms with E-state index in [0.717, 1.165) is 0 Å². The third-order valence-corrected chi connectivity index (χ3v) is 4.05. The number of rotatable bonds is 3. The van der Waals surface area contributed by atoms with Crippen molar-refractivity contribution in [3.05, 3.63) is 17.8 Å². The first kappa shape index (κ1) is 20.9. The number of carbonyl (C=O) groups excluding carboxylic acids is 2. The summed E-state index contributed by atoms with van der Waals surface area (Å²) in [5.41, 5.74) is 0.0821. The molecule has 2 aromatic rings. The first-order chi connectivity index (χ1) is 12.4. The van der Waals surface area contributed by atoms with Gasteiger partial charge in [-0.05, 0) is 53.2 Å². The number of aromatic nitrogens is 1. The van der Waals surface area contributed by atoms with E-state index in [4.69, 9.17) is 9.47 Å². The lowest BCUT2D eigenvalue weighted by molar-refractivity contribution is 0.0621. The number of hydrogen-bond acceptors (Lipinski definition) is 7. The summed E-state index contributed by atoms with van der Waals surface area (Å²) < 4.78 is 11.3. The number of pyridine rings is 1. The molecule has 0 bridgehead atoms. The van der Waals surface area contributed by atoms with Gasteiger partial charge in [-0.2, -0.15) is 0 Å². The van der Waals surface area contributed by atoms with Crippen LogP contribution in [0.1, 0.15) is 47.1 Å². The normalized spacial score (nSPS) is 12.0. The van der Waals surface area contributed by atoms with Gasteiger partial charge >= 0.3 is 12.2 Å². The van der Waals surface area contributed by atoms with Crippen molar-refractivity contribution in [2.45, 2.75) is 59.4 Å². The molecule has 148 valence electrons. The second kappa shape index (κ2) is 7.69. The second-order valence-electron chi connectivity index (χ2n) is 7.91. The highest BCUT2D eigenvalue weighted by molar-refractivity contribution is 7.23. The average Bonchev–Trinajstić information content (AvgIpc) is 2.79. The number of ether oxygens (including phenoxy) is 2. The molecule has 0 atom stereocenters. The number of nitrogens with one attached hydrogen (secondary N) is 2. The number of aliphatic hydroxyl groups is 1. The topological polar surface area (TPSA) is 110 Å². The van der Waals surface area contributed by atoms with Crippen LogP contribution in [0.2, 0.25) is 0 Å². The Morgan fingerprint density at radius 1 is 1.07 bits per heavy atom. The van der Waals surface area contributed by atoms with E-state index in [2.05, 4.69) is 15.6 Å². The molecule has 0 aliphatic carbocycles. The Morgan fingerprint density at radius 2 is 1.63 bits per heavy atom. The molecule has 2 rings (SSSR count). The smallest absolute Gasteiger partial charge is 0.412 e. The van der Waals surface area contributed by atoms with Gasteiger partial charge in [0, 0.05) is 6.20 Å². The Labute approximate surface area is 161 Å². The largest absolute Gasteiger partial charge is 0.444 e. The van der Waals surface area contributed by atoms with Gasteiger partial charge in [-0.1, -0.05) is 0 Å². The van der Waals surface area contributed by atoms with Crippen molar-refractivity contribution in [2.75, 3.05) is 10.6 Å². The molecule has 0 radical (unpaired) electrons. The molecule has 0 aliphatic heterocycles. The molecule has 0 aromatic carbocycles. The van der Waals surface area contributed by atoms with Crippen LogP contribution < -0.4 is 10.6 Å². The highest BCUT2D eigenvalue weighted by atomic mass is 32.1. The molecule has 0 saturated heterocycles. The van der Waals surface area contributed by atoms with Crippen molar-refractivity contribution in [3.63, 3.8) is 0 Å². The fraction of sp³-hybridized carbons (Fsp3) is 0.500. The maximum atomic E-state index is 12.2. The third kappa shape index (κ3) is 6.07. The molecular weight excluding hydrogens is 370 g/mol. The zero-order chi connectivity index (χ0) is 20.4. The van der Waals surface area contributed by atoms with Crippen molar-refractivity contribution in [2.24, 2.45) is 0 Å². The quantitative estimate of drug-likeness (QED) is 0.707. The van der Waals surface area contributed by atoms with Crippen LogP contribution in [0.5, 0.6) is 0 Å². The van der Waals surface area contributed by atoms with Gasteiger partial charge in [-0.25, -0.2) is 9.59 Å². The Balaban J connectivity index is 2.38. The van der Waals surface area contributed by atoms with Gasteiger partial charge in [-0.15, -0.1) is 11.3 Å². The molecule has 27 heavy (non-hydrogen) atoms. The van der Waals surface area contributed by atoms with Gasteiger partial charge in [0.2, 0.25) is 0 Å². The first-order valence-corrected chi connectivity index (χ1v) is 9.22. The molecule has 0 unspecified atom stereocenters. The summed E-state index contributed by atoms with van der Waals surface area (Å²) in [6.07, 6.45) is 0.193. The number of anilines is 2. The van der Waals surface area contributed by atoms with Crippen LogP contribution in [0, 0.1) is 0 Å². The van der Waals surface area contributed by atoms with Crippen molar-refractivity contribution in [1.29, 1.82) is 0 Å². The molecule has 9 heteroatoms. The van der Waals surface area contributed by atoms with Crippen LogP contribution in [0.25, 0.3) is 10.2 Å². The number of hydrogen-bond donors (Lipinski definition) is 3. The molecule has 8 nitrogen and oxygen atoms in total. The Bertz CT molecular complexity index is 849. The average molecular weight is 395 g/mol. The van der Waals surface area contributed by atoms with E-state index in [0.29, 0.717) is 26.5 Å². The van der Waals surface area contributed by atoms with E-state index in [9.17, 15) is 14.7 Å². The van der Waals surface area contributed by atoms with Crippen LogP contribution in [-0.4, -0.2) is 33.5 Å². The molecule has 2 heterocycles. The summed E-state index contributed by atoms with van der Waals surface area (Å²) in [5.74, 6) is 0. The van der Waals surface area contributed by atoms with Gasteiger partial charge in [0.15, 0.2) is 0 Å². The number of fused-ring (bicyclic) bond motifs is 1. The Hall–Kier alpha value is -2.39. The van der Waals surface area contributed by atoms with Gasteiger partial charge in [0.1, 0.15) is 27.4 Å². The molecule has 3 N–H and O–H groups in total. The predicted octanol–water partition coefficient (Wildman–Crippen LogP) is 4.48. The van der Waals surface area contributed by atoms with Gasteiger partial charge in [-0.3, -0.25) is 15.6 Å². The maximum Gasteiger partial charge on any atom is 0.412 e. The number of thiophene rings is 1. The lowest BCUT2D eigenvalue weighted by Gasteiger charge is -2.21. The van der Waals surface area contributed by atoms with E-state index in [1.165, 1.54) is 17.5 Å². The van der Waals surface area contributed by atoms with Gasteiger partial charge in [0.25, 0.3) is 0 Å². The molecule has 0 fully saturated rings. The van der Waals surface area contributed by atoms with Crippen molar-refractivity contribution >= 4 is 44.4 Å². The minimum Gasteiger partial charge on any atom is -0.444 e. The molecule has 0 spiro atoms. The number of nitrogens with zero attached hydrogens (tertiary/aromatic N) is 1. The van der Waals surface area contributed by atoms with Crippen molar-refractivity contribution in [1.82, 2.24) is 4.98 Å². The summed E-state index contributed by atoms with van der Waals surface area (Å²) in [4.78, 5) is 28.7. The number of aliphatic hydroxyl groups excluding tert-OH is 1. The molecular formula is C18H25N3O5S. The second-order valence-corrected chi connectivity index (χ2v) is 8.96. The van der Waals surface area contributed by atoms with E-state index >= 15 is 0 Å². The summed E-state index contributed by atoms with van der Waals surface area (Å²) in [6.45, 7) is 10.4. The zero-order valence-electron chi connectivity index (χ0n) is 16.3. The first-order valence-electron chi connectivity index (χ1n) is 8.40. The zero-order valence-corrected chi connectivity index (χ0v) is 17.1. The summed E-state index contributed by atoms with van der Waals surface area (Å²) in [5, 5.41) is 15.0. The van der Waals surface area contributed by atoms with E-state index in [1.807, 2.05) is 0 Å². The van der Waals surface area contributed by atoms with Crippen LogP contribution >= 0.6 is 11.3 Å². The number of amides is 2. The highest BCUT2D eigenvalue weighted by Crippen LogP contribution is 2.40. The molecule has 2 aromatic heterocycles. The van der Waals surface area contributed by atoms with E-state index < -0.39 is 23.4 Å². The standard InChI is InChI=1S/C18H25N3O5S/c1-17(2,3)25-15(23)20-13-12-11(7-10(9-22)8-19-12)27-14(13)21-16(24)26-18(4,5)6/h7-8,22H,9H2,1-6H3,(H,20,23)(H,21,24). The molecule has 0 saturated carbocycles. The summed E-state index contributed by atoms with van der Waals surface area (Å²) in [7, 11) is 0. The van der Waals surface area contributed by atoms with Crippen LogP contribution in [0.3, 0.4) is 0 Å². The monoisotopic (exact) mass is 395 g/mol. The van der Waals surface area contributed by atoms with Crippen LogP contribution in [0.15, 0.2) is 12.3 Å². The molecule has 0 aliphatic rings. The number of carbonyl (C=O) groups is 2. The lowest BCUT2D eigenvalue weighted by atomic mass is 10.2. The summed E-state index contributed by atoms with van der Waals surface area (Å²) >= 11 is 1.21. The van der Waals surface area contributed by atoms with Crippen LogP contribution in [-0.2, 0) is 16.1 Å². The maximum absolute atomic E-state index is 12.2. The van der Waals surface area contributed by atoms with E-state index in [-0.39, 0.29) is 6.61 Å². The third-order valence-electron chi connectivity index (χ3n) is 3.01. The minimum atomic E-state index is -0.674.